The molecule has 128 valence electrons. The van der Waals surface area contributed by atoms with E-state index >= 15 is 0 Å². The van der Waals surface area contributed by atoms with Gasteiger partial charge in [-0.15, -0.1) is 0 Å². The Morgan fingerprint density at radius 2 is 1.79 bits per heavy atom. The third-order valence-electron chi connectivity index (χ3n) is 4.19. The Morgan fingerprint density at radius 3 is 2.42 bits per heavy atom. The standard InChI is InChI=1S/C16H18N2O5S/c1-11(19)12-3-4-14-13(9-12)10-15(16(20)23-14)24(21,22)18-7-5-17(2)6-8-18/h3-4,9-10H,5-8H2,1-2H3. The topological polar surface area (TPSA) is 87.9 Å². The number of hydrogen-bond donors (Lipinski definition) is 0. The molecule has 1 saturated heterocycles. The summed E-state index contributed by atoms with van der Waals surface area (Å²) >= 11 is 0. The zero-order valence-electron chi connectivity index (χ0n) is 13.5. The van der Waals surface area contributed by atoms with Gasteiger partial charge < -0.3 is 9.32 Å². The van der Waals surface area contributed by atoms with Crippen LogP contribution in [0.4, 0.5) is 0 Å². The van der Waals surface area contributed by atoms with Crippen molar-refractivity contribution in [1.29, 1.82) is 0 Å². The van der Waals surface area contributed by atoms with Crippen LogP contribution in [0, 0.1) is 0 Å². The summed E-state index contributed by atoms with van der Waals surface area (Å²) in [6.07, 6.45) is 0. The molecule has 1 aliphatic heterocycles. The summed E-state index contributed by atoms with van der Waals surface area (Å²) in [5.41, 5.74) is -0.210. The Morgan fingerprint density at radius 1 is 1.12 bits per heavy atom. The number of rotatable bonds is 3. The van der Waals surface area contributed by atoms with E-state index in [1.807, 2.05) is 11.9 Å². The Labute approximate surface area is 139 Å². The van der Waals surface area contributed by atoms with E-state index in [0.29, 0.717) is 37.1 Å². The number of piperazine rings is 1. The van der Waals surface area contributed by atoms with Crippen LogP contribution in [0.2, 0.25) is 0 Å². The molecule has 1 aromatic carbocycles. The zero-order valence-corrected chi connectivity index (χ0v) is 14.3. The molecule has 7 nitrogen and oxygen atoms in total. The van der Waals surface area contributed by atoms with Crippen molar-refractivity contribution in [1.82, 2.24) is 9.21 Å². The highest BCUT2D eigenvalue weighted by atomic mass is 32.2. The first-order valence-electron chi connectivity index (χ1n) is 7.56. The molecule has 0 atom stereocenters. The van der Waals surface area contributed by atoms with Gasteiger partial charge >= 0.3 is 5.63 Å². The average molecular weight is 350 g/mol. The van der Waals surface area contributed by atoms with Crippen molar-refractivity contribution in [3.8, 4) is 0 Å². The summed E-state index contributed by atoms with van der Waals surface area (Å²) in [6.45, 7) is 3.27. The van der Waals surface area contributed by atoms with Crippen LogP contribution in [0.15, 0.2) is 38.4 Å². The van der Waals surface area contributed by atoms with Gasteiger partial charge in [0.05, 0.1) is 0 Å². The molecule has 1 aliphatic rings. The van der Waals surface area contributed by atoms with Gasteiger partial charge in [-0.2, -0.15) is 4.31 Å². The van der Waals surface area contributed by atoms with Gasteiger partial charge in [0.25, 0.3) is 0 Å². The second-order valence-corrected chi connectivity index (χ2v) is 7.82. The predicted molar refractivity (Wildman–Crippen MR) is 88.7 cm³/mol. The van der Waals surface area contributed by atoms with Crippen molar-refractivity contribution >= 4 is 26.8 Å². The normalized spacial score (nSPS) is 17.2. The van der Waals surface area contributed by atoms with E-state index in [0.717, 1.165) is 0 Å². The molecule has 0 radical (unpaired) electrons. The van der Waals surface area contributed by atoms with Crippen molar-refractivity contribution in [2.45, 2.75) is 11.8 Å². The third-order valence-corrected chi connectivity index (χ3v) is 6.07. The largest absolute Gasteiger partial charge is 0.422 e. The summed E-state index contributed by atoms with van der Waals surface area (Å²) < 4.78 is 31.9. The second kappa shape index (κ2) is 6.12. The average Bonchev–Trinajstić information content (AvgIpc) is 2.54. The van der Waals surface area contributed by atoms with E-state index in [1.165, 1.54) is 29.4 Å². The lowest BCUT2D eigenvalue weighted by molar-refractivity contribution is 0.101. The molecule has 0 spiro atoms. The van der Waals surface area contributed by atoms with Gasteiger partial charge in [-0.05, 0) is 38.2 Å². The van der Waals surface area contributed by atoms with Crippen molar-refractivity contribution in [3.63, 3.8) is 0 Å². The first-order valence-corrected chi connectivity index (χ1v) is 9.00. The van der Waals surface area contributed by atoms with E-state index in [4.69, 9.17) is 4.42 Å². The lowest BCUT2D eigenvalue weighted by Gasteiger charge is -2.31. The predicted octanol–water partition coefficient (Wildman–Crippen LogP) is 0.932. The Hall–Kier alpha value is -2.03. The van der Waals surface area contributed by atoms with Crippen molar-refractivity contribution in [3.05, 3.63) is 40.2 Å². The summed E-state index contributed by atoms with van der Waals surface area (Å²) in [7, 11) is -2.01. The minimum absolute atomic E-state index is 0.147. The number of fused-ring (bicyclic) bond motifs is 1. The summed E-state index contributed by atoms with van der Waals surface area (Å²) in [4.78, 5) is 25.3. The second-order valence-electron chi connectivity index (χ2n) is 5.91. The molecule has 0 N–H and O–H groups in total. The monoisotopic (exact) mass is 350 g/mol. The molecule has 0 aliphatic carbocycles. The maximum Gasteiger partial charge on any atom is 0.356 e. The summed E-state index contributed by atoms with van der Waals surface area (Å²) in [5, 5.41) is 0.412. The number of carbonyl (C=O) groups is 1. The number of nitrogens with zero attached hydrogens (tertiary/aromatic N) is 2. The third kappa shape index (κ3) is 3.00. The Bertz CT molecular complexity index is 956. The molecule has 0 unspecified atom stereocenters. The fraction of sp³-hybridized carbons (Fsp3) is 0.375. The first kappa shape index (κ1) is 16.8. The van der Waals surface area contributed by atoms with Crippen LogP contribution in [0.5, 0.6) is 0 Å². The van der Waals surface area contributed by atoms with E-state index in [2.05, 4.69) is 0 Å². The minimum atomic E-state index is -3.93. The number of hydrogen-bond acceptors (Lipinski definition) is 6. The highest BCUT2D eigenvalue weighted by Gasteiger charge is 2.30. The minimum Gasteiger partial charge on any atom is -0.422 e. The number of carbonyl (C=O) groups excluding carboxylic acids is 1. The smallest absolute Gasteiger partial charge is 0.356 e. The van der Waals surface area contributed by atoms with Gasteiger partial charge in [0.15, 0.2) is 10.7 Å². The first-order chi connectivity index (χ1) is 11.3. The number of Topliss-reactive ketones (excluding diaryl/α,β-unsaturated/α-hetero) is 1. The Kier molecular flexibility index (Phi) is 4.29. The highest BCUT2D eigenvalue weighted by molar-refractivity contribution is 7.89. The van der Waals surface area contributed by atoms with Crippen LogP contribution in [0.25, 0.3) is 11.0 Å². The van der Waals surface area contributed by atoms with E-state index < -0.39 is 15.6 Å². The maximum absolute atomic E-state index is 12.8. The number of benzene rings is 1. The van der Waals surface area contributed by atoms with Crippen LogP contribution in [0.3, 0.4) is 0 Å². The lowest BCUT2D eigenvalue weighted by Crippen LogP contribution is -2.47. The molecule has 2 aromatic rings. The van der Waals surface area contributed by atoms with E-state index in [9.17, 15) is 18.0 Å². The van der Waals surface area contributed by atoms with Gasteiger partial charge in [-0.25, -0.2) is 13.2 Å². The van der Waals surface area contributed by atoms with Gasteiger partial charge in [-0.1, -0.05) is 0 Å². The van der Waals surface area contributed by atoms with Crippen LogP contribution in [0.1, 0.15) is 17.3 Å². The molecule has 0 amide bonds. The lowest BCUT2D eigenvalue weighted by atomic mass is 10.1. The van der Waals surface area contributed by atoms with Gasteiger partial charge in [0.2, 0.25) is 10.0 Å². The van der Waals surface area contributed by atoms with E-state index in [1.54, 1.807) is 6.07 Å². The molecule has 0 bridgehead atoms. The molecule has 1 aromatic heterocycles. The summed E-state index contributed by atoms with van der Waals surface area (Å²) in [6, 6.07) is 5.87. The quantitative estimate of drug-likeness (QED) is 0.604. The molecular formula is C16H18N2O5S. The fourth-order valence-corrected chi connectivity index (χ4v) is 4.12. The maximum atomic E-state index is 12.8. The molecular weight excluding hydrogens is 332 g/mol. The SMILES string of the molecule is CC(=O)c1ccc2oc(=O)c(S(=O)(=O)N3CCN(C)CC3)cc2c1. The zero-order chi connectivity index (χ0) is 17.5. The van der Waals surface area contributed by atoms with Crippen LogP contribution < -0.4 is 5.63 Å². The van der Waals surface area contributed by atoms with Crippen LogP contribution in [-0.2, 0) is 10.0 Å². The molecule has 8 heteroatoms. The molecule has 0 saturated carbocycles. The highest BCUT2D eigenvalue weighted by Crippen LogP contribution is 2.21. The molecule has 24 heavy (non-hydrogen) atoms. The van der Waals surface area contributed by atoms with Crippen molar-refractivity contribution < 1.29 is 17.6 Å². The molecule has 1 fully saturated rings. The van der Waals surface area contributed by atoms with Crippen molar-refractivity contribution in [2.24, 2.45) is 0 Å². The number of sulfonamides is 1. The summed E-state index contributed by atoms with van der Waals surface area (Å²) in [5.74, 6) is -0.147. The van der Waals surface area contributed by atoms with Gasteiger partial charge in [0.1, 0.15) is 5.58 Å². The number of likely N-dealkylation sites (N-methyl/N-ethyl adjacent to an activating group) is 1. The van der Waals surface area contributed by atoms with Crippen LogP contribution in [-0.4, -0.2) is 56.6 Å². The van der Waals surface area contributed by atoms with E-state index in [-0.39, 0.29) is 16.3 Å². The fourth-order valence-electron chi connectivity index (χ4n) is 2.67. The molecule has 3 rings (SSSR count). The van der Waals surface area contributed by atoms with Gasteiger partial charge in [-0.3, -0.25) is 4.79 Å². The molecule has 2 heterocycles. The van der Waals surface area contributed by atoms with Crippen molar-refractivity contribution in [2.75, 3.05) is 33.2 Å². The van der Waals surface area contributed by atoms with Crippen LogP contribution >= 0.6 is 0 Å². The Balaban J connectivity index is 2.09. The van der Waals surface area contributed by atoms with Gasteiger partial charge in [0, 0.05) is 37.1 Å². The number of ketones is 1.